The summed E-state index contributed by atoms with van der Waals surface area (Å²) in [5.74, 6) is 0.313. The molecule has 0 fully saturated rings. The predicted octanol–water partition coefficient (Wildman–Crippen LogP) is 1.86. The summed E-state index contributed by atoms with van der Waals surface area (Å²) in [5, 5.41) is 2.64. The lowest BCUT2D eigenvalue weighted by Crippen LogP contribution is -2.49. The number of nitrogens with one attached hydrogen (secondary N) is 1. The summed E-state index contributed by atoms with van der Waals surface area (Å²) < 4.78 is 15.6. The molecular weight excluding hydrogens is 414 g/mol. The molecule has 1 aromatic carbocycles. The summed E-state index contributed by atoms with van der Waals surface area (Å²) in [6.45, 7) is 6.10. The number of nitrogens with two attached hydrogens (primary N) is 1. The zero-order valence-corrected chi connectivity index (χ0v) is 20.0. The molecule has 0 aliphatic rings. The van der Waals surface area contributed by atoms with E-state index in [0.717, 1.165) is 5.56 Å². The van der Waals surface area contributed by atoms with Crippen LogP contribution >= 0.6 is 0 Å². The average molecular weight is 452 g/mol. The van der Waals surface area contributed by atoms with Crippen LogP contribution in [-0.2, 0) is 25.7 Å². The molecule has 9 heteroatoms. The number of methoxy groups -OCH3 is 2. The maximum Gasteiger partial charge on any atom is 0.328 e. The molecule has 0 radical (unpaired) electrons. The van der Waals surface area contributed by atoms with Gasteiger partial charge in [-0.15, -0.1) is 0 Å². The third kappa shape index (κ3) is 8.74. The molecule has 0 saturated carbocycles. The topological polar surface area (TPSA) is 120 Å². The lowest BCUT2D eigenvalue weighted by Gasteiger charge is -2.22. The highest BCUT2D eigenvalue weighted by Crippen LogP contribution is 2.25. The van der Waals surface area contributed by atoms with Gasteiger partial charge in [-0.25, -0.2) is 4.79 Å². The molecular formula is C23H37N3O6. The second-order valence-corrected chi connectivity index (χ2v) is 8.02. The highest BCUT2D eigenvalue weighted by atomic mass is 16.5. The zero-order chi connectivity index (χ0) is 24.3. The lowest BCUT2D eigenvalue weighted by molar-refractivity contribution is -0.148. The third-order valence-corrected chi connectivity index (χ3v) is 4.92. The zero-order valence-electron chi connectivity index (χ0n) is 20.0. The number of rotatable bonds is 13. The minimum atomic E-state index is -0.937. The quantitative estimate of drug-likeness (QED) is 0.439. The van der Waals surface area contributed by atoms with Crippen molar-refractivity contribution in [3.05, 3.63) is 23.8 Å². The van der Waals surface area contributed by atoms with Crippen molar-refractivity contribution in [3.8, 4) is 11.5 Å². The van der Waals surface area contributed by atoms with Crippen LogP contribution in [0.2, 0.25) is 0 Å². The van der Waals surface area contributed by atoms with Crippen molar-refractivity contribution >= 4 is 17.8 Å². The van der Waals surface area contributed by atoms with Crippen molar-refractivity contribution in [2.24, 2.45) is 11.7 Å². The van der Waals surface area contributed by atoms with E-state index in [9.17, 15) is 14.4 Å². The first-order valence-electron chi connectivity index (χ1n) is 10.8. The molecule has 1 aromatic rings. The molecule has 2 atom stereocenters. The first-order valence-corrected chi connectivity index (χ1v) is 10.8. The Labute approximate surface area is 190 Å². The molecule has 2 amide bonds. The summed E-state index contributed by atoms with van der Waals surface area (Å²) >= 11 is 0. The van der Waals surface area contributed by atoms with Gasteiger partial charge in [0.2, 0.25) is 11.8 Å². The van der Waals surface area contributed by atoms with Crippen LogP contribution in [0.25, 0.3) is 0 Å². The minimum absolute atomic E-state index is 0.0537. The molecule has 180 valence electrons. The van der Waals surface area contributed by atoms with E-state index in [1.54, 1.807) is 45.2 Å². The molecule has 3 N–H and O–H groups in total. The molecule has 0 aliphatic carbocycles. The van der Waals surface area contributed by atoms with Crippen LogP contribution in [0.4, 0.5) is 0 Å². The number of benzene rings is 1. The van der Waals surface area contributed by atoms with Gasteiger partial charge >= 0.3 is 5.97 Å². The van der Waals surface area contributed by atoms with Gasteiger partial charge in [-0.1, -0.05) is 13.8 Å². The average Bonchev–Trinajstić information content (AvgIpc) is 2.75. The molecule has 0 heterocycles. The second-order valence-electron chi connectivity index (χ2n) is 8.02. The number of ether oxygens (including phenoxy) is 3. The van der Waals surface area contributed by atoms with Crippen molar-refractivity contribution in [2.75, 3.05) is 27.9 Å². The summed E-state index contributed by atoms with van der Waals surface area (Å²) in [4.78, 5) is 38.9. The van der Waals surface area contributed by atoms with E-state index in [1.165, 1.54) is 0 Å². The van der Waals surface area contributed by atoms with Crippen LogP contribution < -0.4 is 20.5 Å². The smallest absolute Gasteiger partial charge is 0.328 e. The van der Waals surface area contributed by atoms with Crippen LogP contribution in [0.5, 0.6) is 11.5 Å². The summed E-state index contributed by atoms with van der Waals surface area (Å²) in [6, 6.07) is 3.71. The van der Waals surface area contributed by atoms with E-state index >= 15 is 0 Å². The Morgan fingerprint density at radius 2 is 1.84 bits per heavy atom. The number of esters is 1. The maximum absolute atomic E-state index is 12.7. The lowest BCUT2D eigenvalue weighted by atomic mass is 10.0. The summed E-state index contributed by atoms with van der Waals surface area (Å²) in [7, 11) is 4.79. The van der Waals surface area contributed by atoms with E-state index in [-0.39, 0.29) is 31.3 Å². The van der Waals surface area contributed by atoms with Crippen LogP contribution in [0.15, 0.2) is 18.2 Å². The number of nitrogens with zero attached hydrogens (tertiary/aromatic N) is 1. The van der Waals surface area contributed by atoms with Gasteiger partial charge in [0.05, 0.1) is 26.9 Å². The Morgan fingerprint density at radius 1 is 1.16 bits per heavy atom. The largest absolute Gasteiger partial charge is 0.497 e. The molecule has 0 unspecified atom stereocenters. The number of hydrogen-bond donors (Lipinski definition) is 2. The first-order chi connectivity index (χ1) is 15.1. The minimum Gasteiger partial charge on any atom is -0.497 e. The molecule has 0 aliphatic heterocycles. The van der Waals surface area contributed by atoms with E-state index in [2.05, 4.69) is 5.32 Å². The van der Waals surface area contributed by atoms with Crippen molar-refractivity contribution in [2.45, 2.75) is 58.7 Å². The number of amides is 2. The Bertz CT molecular complexity index is 768. The van der Waals surface area contributed by atoms with Crippen LogP contribution in [0, 0.1) is 5.92 Å². The molecule has 1 rings (SSSR count). The number of hydrogen-bond acceptors (Lipinski definition) is 7. The van der Waals surface area contributed by atoms with Gasteiger partial charge in [0.1, 0.15) is 17.5 Å². The highest BCUT2D eigenvalue weighted by molar-refractivity contribution is 5.88. The SMILES string of the molecule is CCOC(=O)[C@H](CCC(=O)N(C)Cc1ccc(OC)cc1OC)NC(=O)[C@@H](N)CC(C)C. The second kappa shape index (κ2) is 13.6. The Kier molecular flexibility index (Phi) is 11.5. The van der Waals surface area contributed by atoms with E-state index < -0.39 is 24.0 Å². The standard InChI is InChI=1S/C23H37N3O6/c1-7-32-23(29)19(25-22(28)18(24)12-15(2)3)10-11-21(27)26(4)14-16-8-9-17(30-5)13-20(16)31-6/h8-9,13,15,18-19H,7,10-12,14,24H2,1-6H3,(H,25,28)/t18-,19-/m0/s1. The summed E-state index contributed by atoms with van der Waals surface area (Å²) in [6.07, 6.45) is 0.660. The van der Waals surface area contributed by atoms with Gasteiger partial charge in [-0.05, 0) is 37.8 Å². The normalized spacial score (nSPS) is 12.6. The van der Waals surface area contributed by atoms with Crippen LogP contribution in [0.1, 0.15) is 45.6 Å². The fourth-order valence-electron chi connectivity index (χ4n) is 3.17. The highest BCUT2D eigenvalue weighted by Gasteiger charge is 2.26. The van der Waals surface area contributed by atoms with Gasteiger partial charge in [-0.3, -0.25) is 9.59 Å². The molecule has 0 spiro atoms. The van der Waals surface area contributed by atoms with Gasteiger partial charge in [-0.2, -0.15) is 0 Å². The molecule has 0 bridgehead atoms. The molecule has 9 nitrogen and oxygen atoms in total. The van der Waals surface area contributed by atoms with E-state index in [4.69, 9.17) is 19.9 Å². The van der Waals surface area contributed by atoms with Crippen LogP contribution in [-0.4, -0.2) is 62.6 Å². The van der Waals surface area contributed by atoms with Crippen molar-refractivity contribution in [1.82, 2.24) is 10.2 Å². The number of carbonyl (C=O) groups is 3. The predicted molar refractivity (Wildman–Crippen MR) is 121 cm³/mol. The first kappa shape index (κ1) is 27.2. The number of carbonyl (C=O) groups excluding carboxylic acids is 3. The summed E-state index contributed by atoms with van der Waals surface area (Å²) in [5.41, 5.74) is 6.74. The fraction of sp³-hybridized carbons (Fsp3) is 0.609. The Balaban J connectivity index is 2.76. The van der Waals surface area contributed by atoms with Gasteiger partial charge < -0.3 is 30.2 Å². The van der Waals surface area contributed by atoms with E-state index in [1.807, 2.05) is 19.9 Å². The monoisotopic (exact) mass is 451 g/mol. The molecule has 32 heavy (non-hydrogen) atoms. The Morgan fingerprint density at radius 3 is 2.41 bits per heavy atom. The van der Waals surface area contributed by atoms with Crippen molar-refractivity contribution in [1.29, 1.82) is 0 Å². The Hall–Kier alpha value is -2.81. The molecule has 0 saturated heterocycles. The fourth-order valence-corrected chi connectivity index (χ4v) is 3.17. The van der Waals surface area contributed by atoms with Crippen molar-refractivity contribution < 1.29 is 28.6 Å². The molecule has 0 aromatic heterocycles. The van der Waals surface area contributed by atoms with Crippen molar-refractivity contribution in [3.63, 3.8) is 0 Å². The van der Waals surface area contributed by atoms with E-state index in [0.29, 0.717) is 24.5 Å². The van der Waals surface area contributed by atoms with Gasteiger partial charge in [0, 0.05) is 31.6 Å². The van der Waals surface area contributed by atoms with Gasteiger partial charge in [0.15, 0.2) is 0 Å². The van der Waals surface area contributed by atoms with Gasteiger partial charge in [0.25, 0.3) is 0 Å². The third-order valence-electron chi connectivity index (χ3n) is 4.92. The maximum atomic E-state index is 12.7. The van der Waals surface area contributed by atoms with Crippen LogP contribution in [0.3, 0.4) is 0 Å².